The molecule has 1 fully saturated rings. The number of alkyl carbamates (subject to hydrolysis) is 2. The van der Waals surface area contributed by atoms with Crippen molar-refractivity contribution in [3.63, 3.8) is 0 Å². The highest BCUT2D eigenvalue weighted by Crippen LogP contribution is 2.29. The van der Waals surface area contributed by atoms with Gasteiger partial charge in [0.25, 0.3) is 0 Å². The van der Waals surface area contributed by atoms with E-state index in [9.17, 15) is 14.4 Å². The van der Waals surface area contributed by atoms with Crippen LogP contribution in [-0.2, 0) is 38.6 Å². The first-order valence-electron chi connectivity index (χ1n) is 11.2. The van der Waals surface area contributed by atoms with E-state index in [1.807, 2.05) is 54.6 Å². The monoisotopic (exact) mass is 468 g/mol. The maximum absolute atomic E-state index is 12.9. The third-order valence-corrected chi connectivity index (χ3v) is 5.22. The third kappa shape index (κ3) is 7.88. The van der Waals surface area contributed by atoms with Crippen molar-refractivity contribution in [2.75, 3.05) is 6.61 Å². The Hall–Kier alpha value is -3.39. The van der Waals surface area contributed by atoms with Gasteiger partial charge in [-0.1, -0.05) is 54.6 Å². The molecule has 34 heavy (non-hydrogen) atoms. The number of ether oxygens (including phenoxy) is 3. The Balaban J connectivity index is 1.57. The number of hydrogen-bond acceptors (Lipinski definition) is 6. The zero-order valence-electron chi connectivity index (χ0n) is 20.1. The molecule has 182 valence electrons. The second-order valence-electron chi connectivity index (χ2n) is 9.52. The summed E-state index contributed by atoms with van der Waals surface area (Å²) in [6.45, 7) is 7.88. The highest BCUT2D eigenvalue weighted by Gasteiger charge is 2.50. The highest BCUT2D eigenvalue weighted by atomic mass is 16.6. The minimum atomic E-state index is -0.880. The minimum absolute atomic E-state index is 0.112. The summed E-state index contributed by atoms with van der Waals surface area (Å²) in [5, 5.41) is 5.40. The number of nitrogens with one attached hydrogen (secondary N) is 2. The van der Waals surface area contributed by atoms with Crippen LogP contribution in [0.3, 0.4) is 0 Å². The molecule has 2 amide bonds. The zero-order chi connectivity index (χ0) is 24.8. The summed E-state index contributed by atoms with van der Waals surface area (Å²) in [6.07, 6.45) is -0.861. The van der Waals surface area contributed by atoms with E-state index in [1.165, 1.54) is 0 Å². The van der Waals surface area contributed by atoms with E-state index >= 15 is 0 Å². The maximum atomic E-state index is 12.9. The summed E-state index contributed by atoms with van der Waals surface area (Å²) in [5.41, 5.74) is 1.15. The Bertz CT molecular complexity index is 994. The second kappa shape index (κ2) is 10.7. The van der Waals surface area contributed by atoms with Gasteiger partial charge in [-0.05, 0) is 50.8 Å². The third-order valence-electron chi connectivity index (χ3n) is 5.22. The Labute approximate surface area is 200 Å². The van der Waals surface area contributed by atoms with Crippen molar-refractivity contribution < 1.29 is 28.6 Å². The van der Waals surface area contributed by atoms with E-state index in [2.05, 4.69) is 10.6 Å². The van der Waals surface area contributed by atoms with Crippen molar-refractivity contribution >= 4 is 18.0 Å². The largest absolute Gasteiger partial charge is 0.445 e. The predicted octanol–water partition coefficient (Wildman–Crippen LogP) is 3.91. The molecule has 0 spiro atoms. The van der Waals surface area contributed by atoms with Gasteiger partial charge < -0.3 is 24.8 Å². The smallest absolute Gasteiger partial charge is 0.408 e. The zero-order valence-corrected chi connectivity index (χ0v) is 20.1. The maximum Gasteiger partial charge on any atom is 0.408 e. The summed E-state index contributed by atoms with van der Waals surface area (Å²) in [6, 6.07) is 16.0. The highest BCUT2D eigenvalue weighted by molar-refractivity contribution is 5.96. The van der Waals surface area contributed by atoms with Crippen LogP contribution >= 0.6 is 0 Å². The topological polar surface area (TPSA) is 106 Å². The molecule has 0 radical (unpaired) electrons. The van der Waals surface area contributed by atoms with Crippen molar-refractivity contribution in [1.82, 2.24) is 10.6 Å². The van der Waals surface area contributed by atoms with Crippen LogP contribution in [0.2, 0.25) is 0 Å². The summed E-state index contributed by atoms with van der Waals surface area (Å²) >= 11 is 0. The van der Waals surface area contributed by atoms with Gasteiger partial charge in [0.1, 0.15) is 17.8 Å². The van der Waals surface area contributed by atoms with Crippen LogP contribution in [0, 0.1) is 0 Å². The standard InChI is InChI=1S/C26H32N2O6/c1-25(2,3)34-23(30)27-15-19-12-10-18(11-13-19)14-21(22(29)26(4)17-33-26)28-24(31)32-16-20-8-6-5-7-9-20/h5-13,21H,14-17H2,1-4H3,(H,27,30)(H,28,31)/t21-,26+/m0/s1. The summed E-state index contributed by atoms with van der Waals surface area (Å²) in [4.78, 5) is 37.2. The molecule has 1 aliphatic heterocycles. The fraction of sp³-hybridized carbons (Fsp3) is 0.423. The SMILES string of the molecule is CC(C)(C)OC(=O)NCc1ccc(C[C@H](NC(=O)OCc2ccccc2)C(=O)[C@@]2(C)CO2)cc1. The van der Waals surface area contributed by atoms with Crippen LogP contribution in [0.15, 0.2) is 54.6 Å². The van der Waals surface area contributed by atoms with Crippen molar-refractivity contribution in [3.8, 4) is 0 Å². The summed E-state index contributed by atoms with van der Waals surface area (Å²) in [5.74, 6) is -0.195. The van der Waals surface area contributed by atoms with Crippen LogP contribution in [-0.4, -0.2) is 41.8 Å². The van der Waals surface area contributed by atoms with Crippen molar-refractivity contribution in [1.29, 1.82) is 0 Å². The molecule has 3 rings (SSSR count). The molecule has 0 saturated carbocycles. The number of amides is 2. The minimum Gasteiger partial charge on any atom is -0.445 e. The predicted molar refractivity (Wildman–Crippen MR) is 126 cm³/mol. The number of benzene rings is 2. The molecule has 0 aliphatic carbocycles. The fourth-order valence-corrected chi connectivity index (χ4v) is 3.25. The van der Waals surface area contributed by atoms with Gasteiger partial charge >= 0.3 is 12.2 Å². The average Bonchev–Trinajstić information content (AvgIpc) is 3.54. The normalized spacial score (nSPS) is 17.9. The molecule has 1 saturated heterocycles. The number of epoxide rings is 1. The van der Waals surface area contributed by atoms with E-state index < -0.39 is 29.4 Å². The van der Waals surface area contributed by atoms with Crippen LogP contribution in [0.5, 0.6) is 0 Å². The lowest BCUT2D eigenvalue weighted by Crippen LogP contribution is -2.47. The lowest BCUT2D eigenvalue weighted by Gasteiger charge is -2.20. The quantitative estimate of drug-likeness (QED) is 0.541. The lowest BCUT2D eigenvalue weighted by atomic mass is 9.94. The van der Waals surface area contributed by atoms with Crippen LogP contribution in [0.4, 0.5) is 9.59 Å². The first kappa shape index (κ1) is 25.2. The van der Waals surface area contributed by atoms with Gasteiger partial charge in [0.05, 0.1) is 12.6 Å². The van der Waals surface area contributed by atoms with E-state index in [0.29, 0.717) is 13.2 Å². The summed E-state index contributed by atoms with van der Waals surface area (Å²) in [7, 11) is 0. The first-order chi connectivity index (χ1) is 16.0. The van der Waals surface area contributed by atoms with Gasteiger partial charge in [0, 0.05) is 6.54 Å². The molecule has 2 N–H and O–H groups in total. The van der Waals surface area contributed by atoms with Gasteiger partial charge in [-0.15, -0.1) is 0 Å². The number of ketones is 1. The van der Waals surface area contributed by atoms with Crippen LogP contribution in [0.25, 0.3) is 0 Å². The van der Waals surface area contributed by atoms with E-state index in [1.54, 1.807) is 27.7 Å². The molecule has 2 atom stereocenters. The molecule has 0 aromatic heterocycles. The molecule has 1 aliphatic rings. The molecular formula is C26H32N2O6. The number of carbonyl (C=O) groups is 3. The van der Waals surface area contributed by atoms with Crippen LogP contribution < -0.4 is 10.6 Å². The number of carbonyl (C=O) groups excluding carboxylic acids is 3. The lowest BCUT2D eigenvalue weighted by molar-refractivity contribution is -0.125. The van der Waals surface area contributed by atoms with Crippen LogP contribution in [0.1, 0.15) is 44.4 Å². The van der Waals surface area contributed by atoms with E-state index in [4.69, 9.17) is 14.2 Å². The van der Waals surface area contributed by atoms with Crippen molar-refractivity contribution in [3.05, 3.63) is 71.3 Å². The van der Waals surface area contributed by atoms with Gasteiger partial charge in [-0.2, -0.15) is 0 Å². The van der Waals surface area contributed by atoms with Gasteiger partial charge in [0.2, 0.25) is 0 Å². The van der Waals surface area contributed by atoms with E-state index in [0.717, 1.165) is 16.7 Å². The molecular weight excluding hydrogens is 436 g/mol. The molecule has 8 nitrogen and oxygen atoms in total. The Kier molecular flexibility index (Phi) is 7.94. The van der Waals surface area contributed by atoms with Crippen molar-refractivity contribution in [2.45, 2.75) is 64.5 Å². The number of rotatable bonds is 9. The summed E-state index contributed by atoms with van der Waals surface area (Å²) < 4.78 is 15.8. The van der Waals surface area contributed by atoms with Gasteiger partial charge in [-0.3, -0.25) is 4.79 Å². The van der Waals surface area contributed by atoms with Crippen molar-refractivity contribution in [2.24, 2.45) is 0 Å². The fourth-order valence-electron chi connectivity index (χ4n) is 3.25. The molecule has 2 aromatic rings. The molecule has 0 unspecified atom stereocenters. The Morgan fingerprint density at radius 2 is 1.59 bits per heavy atom. The number of Topliss-reactive ketones (excluding diaryl/α,β-unsaturated/α-hetero) is 1. The average molecular weight is 469 g/mol. The Morgan fingerprint density at radius 3 is 2.18 bits per heavy atom. The molecule has 2 aromatic carbocycles. The second-order valence-corrected chi connectivity index (χ2v) is 9.52. The Morgan fingerprint density at radius 1 is 0.971 bits per heavy atom. The molecule has 1 heterocycles. The van der Waals surface area contributed by atoms with Gasteiger partial charge in [-0.25, -0.2) is 9.59 Å². The van der Waals surface area contributed by atoms with E-state index in [-0.39, 0.29) is 18.8 Å². The first-order valence-corrected chi connectivity index (χ1v) is 11.2. The number of hydrogen-bond donors (Lipinski definition) is 2. The molecule has 8 heteroatoms. The molecule has 0 bridgehead atoms. The van der Waals surface area contributed by atoms with Gasteiger partial charge in [0.15, 0.2) is 5.78 Å².